The molecular weight excluding hydrogens is 320 g/mol. The molecule has 0 aliphatic carbocycles. The largest absolute Gasteiger partial charge is 0.466 e. The van der Waals surface area contributed by atoms with Crippen LogP contribution in [0.5, 0.6) is 0 Å². The minimum absolute atomic E-state index is 0.0105. The van der Waals surface area contributed by atoms with Gasteiger partial charge in [-0.3, -0.25) is 4.98 Å². The molecule has 0 bridgehead atoms. The molecule has 0 spiro atoms. The van der Waals surface area contributed by atoms with E-state index in [2.05, 4.69) is 9.72 Å². The van der Waals surface area contributed by atoms with Crippen LogP contribution in [0.25, 0.3) is 11.3 Å². The van der Waals surface area contributed by atoms with E-state index in [9.17, 15) is 9.59 Å². The fourth-order valence-corrected chi connectivity index (χ4v) is 2.23. The van der Waals surface area contributed by atoms with Gasteiger partial charge in [0.1, 0.15) is 0 Å². The summed E-state index contributed by atoms with van der Waals surface area (Å²) in [5.41, 5.74) is 7.99. The summed E-state index contributed by atoms with van der Waals surface area (Å²) in [4.78, 5) is 28.3. The molecule has 1 aromatic carbocycles. The van der Waals surface area contributed by atoms with Crippen molar-refractivity contribution in [3.8, 4) is 0 Å². The van der Waals surface area contributed by atoms with Crippen molar-refractivity contribution in [1.82, 2.24) is 4.98 Å². The van der Waals surface area contributed by atoms with E-state index in [-0.39, 0.29) is 11.3 Å². The van der Waals surface area contributed by atoms with Crippen LogP contribution in [0, 0.1) is 0 Å². The Morgan fingerprint density at radius 3 is 2.24 bits per heavy atom. The van der Waals surface area contributed by atoms with Crippen LogP contribution in [0.3, 0.4) is 0 Å². The lowest BCUT2D eigenvalue weighted by Crippen LogP contribution is -2.14. The zero-order chi connectivity index (χ0) is 18.2. The van der Waals surface area contributed by atoms with Crippen molar-refractivity contribution in [3.05, 3.63) is 77.6 Å². The lowest BCUT2D eigenvalue weighted by molar-refractivity contribution is -0.138. The maximum absolute atomic E-state index is 12.3. The molecule has 0 aliphatic rings. The number of ether oxygens (including phenoxy) is 2. The number of esters is 2. The molecule has 0 aliphatic heterocycles. The van der Waals surface area contributed by atoms with Gasteiger partial charge in [0, 0.05) is 17.8 Å². The Kier molecular flexibility index (Phi) is 6.06. The van der Waals surface area contributed by atoms with E-state index in [0.717, 1.165) is 6.08 Å². The van der Waals surface area contributed by atoms with Crippen molar-refractivity contribution in [2.24, 2.45) is 5.73 Å². The molecule has 2 N–H and O–H groups in total. The van der Waals surface area contributed by atoms with Crippen LogP contribution in [0.15, 0.2) is 66.4 Å². The molecule has 0 saturated carbocycles. The van der Waals surface area contributed by atoms with Crippen LogP contribution in [-0.2, 0) is 19.1 Å². The number of aromatic nitrogens is 1. The van der Waals surface area contributed by atoms with Gasteiger partial charge in [-0.2, -0.15) is 0 Å². The molecule has 6 heteroatoms. The van der Waals surface area contributed by atoms with E-state index >= 15 is 0 Å². The predicted octanol–water partition coefficient (Wildman–Crippen LogP) is 2.18. The van der Waals surface area contributed by atoms with Gasteiger partial charge in [-0.15, -0.1) is 0 Å². The van der Waals surface area contributed by atoms with Crippen LogP contribution in [0.2, 0.25) is 0 Å². The highest BCUT2D eigenvalue weighted by atomic mass is 16.5. The van der Waals surface area contributed by atoms with Crippen molar-refractivity contribution in [2.45, 2.75) is 0 Å². The number of carbonyl (C=O) groups excluding carboxylic acids is 2. The first kappa shape index (κ1) is 17.9. The first-order valence-electron chi connectivity index (χ1n) is 7.43. The van der Waals surface area contributed by atoms with Gasteiger partial charge in [0.25, 0.3) is 0 Å². The molecule has 0 amide bonds. The van der Waals surface area contributed by atoms with Gasteiger partial charge in [0.15, 0.2) is 0 Å². The standard InChI is InChI=1S/C19H18N2O4/c1-24-16(22)12-14(19(23)25-2)17(13-8-4-3-5-9-13)18(20)15-10-6-7-11-21-15/h3-12H,20H2,1-2H3/b14-12-,18-17+. The van der Waals surface area contributed by atoms with Crippen molar-refractivity contribution >= 4 is 23.2 Å². The minimum Gasteiger partial charge on any atom is -0.466 e. The third kappa shape index (κ3) is 4.32. The Hall–Kier alpha value is -3.41. The Labute approximate surface area is 145 Å². The van der Waals surface area contributed by atoms with Gasteiger partial charge in [-0.1, -0.05) is 36.4 Å². The average molecular weight is 338 g/mol. The minimum atomic E-state index is -0.705. The number of benzene rings is 1. The van der Waals surface area contributed by atoms with Crippen LogP contribution in [-0.4, -0.2) is 31.1 Å². The molecule has 0 saturated heterocycles. The molecule has 0 fully saturated rings. The summed E-state index contributed by atoms with van der Waals surface area (Å²) < 4.78 is 9.47. The van der Waals surface area contributed by atoms with Crippen LogP contribution >= 0.6 is 0 Å². The van der Waals surface area contributed by atoms with E-state index in [1.165, 1.54) is 14.2 Å². The second-order valence-electron chi connectivity index (χ2n) is 4.94. The van der Waals surface area contributed by atoms with E-state index in [4.69, 9.17) is 10.5 Å². The molecule has 6 nitrogen and oxygen atoms in total. The van der Waals surface area contributed by atoms with E-state index in [0.29, 0.717) is 16.8 Å². The first-order chi connectivity index (χ1) is 12.1. The molecule has 2 rings (SSSR count). The Morgan fingerprint density at radius 1 is 1.00 bits per heavy atom. The lowest BCUT2D eigenvalue weighted by Gasteiger charge is -2.14. The Morgan fingerprint density at radius 2 is 1.68 bits per heavy atom. The molecule has 128 valence electrons. The van der Waals surface area contributed by atoms with Gasteiger partial charge in [0.2, 0.25) is 0 Å². The molecule has 2 aromatic rings. The van der Waals surface area contributed by atoms with Crippen molar-refractivity contribution in [1.29, 1.82) is 0 Å². The third-order valence-electron chi connectivity index (χ3n) is 3.41. The first-order valence-corrected chi connectivity index (χ1v) is 7.43. The second-order valence-corrected chi connectivity index (χ2v) is 4.94. The number of pyridine rings is 1. The molecule has 0 unspecified atom stereocenters. The number of rotatable bonds is 5. The summed E-state index contributed by atoms with van der Waals surface area (Å²) in [6, 6.07) is 14.2. The number of hydrogen-bond donors (Lipinski definition) is 1. The Bertz CT molecular complexity index is 812. The zero-order valence-corrected chi connectivity index (χ0v) is 13.9. The fourth-order valence-electron chi connectivity index (χ4n) is 2.23. The maximum atomic E-state index is 12.3. The normalized spacial score (nSPS) is 12.2. The smallest absolute Gasteiger partial charge is 0.338 e. The van der Waals surface area contributed by atoms with Crippen LogP contribution < -0.4 is 5.73 Å². The summed E-state index contributed by atoms with van der Waals surface area (Å²) in [7, 11) is 2.45. The average Bonchev–Trinajstić information content (AvgIpc) is 2.68. The summed E-state index contributed by atoms with van der Waals surface area (Å²) >= 11 is 0. The fraction of sp³-hybridized carbons (Fsp3) is 0.105. The maximum Gasteiger partial charge on any atom is 0.338 e. The molecule has 1 aromatic heterocycles. The van der Waals surface area contributed by atoms with Gasteiger partial charge in [-0.05, 0) is 17.7 Å². The SMILES string of the molecule is COC(=O)/C=C(C(=O)OC)/C(=C(/N)c1ccccn1)c1ccccc1. The van der Waals surface area contributed by atoms with E-state index in [1.54, 1.807) is 48.7 Å². The number of nitrogens with two attached hydrogens (primary N) is 1. The summed E-state index contributed by atoms with van der Waals surface area (Å²) in [5.74, 6) is -1.40. The zero-order valence-electron chi connectivity index (χ0n) is 13.9. The van der Waals surface area contributed by atoms with Gasteiger partial charge < -0.3 is 15.2 Å². The summed E-state index contributed by atoms with van der Waals surface area (Å²) in [6.07, 6.45) is 2.65. The van der Waals surface area contributed by atoms with E-state index < -0.39 is 11.9 Å². The van der Waals surface area contributed by atoms with Gasteiger partial charge >= 0.3 is 11.9 Å². The molecule has 0 radical (unpaired) electrons. The second kappa shape index (κ2) is 8.44. The van der Waals surface area contributed by atoms with Gasteiger partial charge in [-0.25, -0.2) is 9.59 Å². The lowest BCUT2D eigenvalue weighted by atomic mass is 9.94. The van der Waals surface area contributed by atoms with Crippen molar-refractivity contribution in [3.63, 3.8) is 0 Å². The molecular formula is C19H18N2O4. The van der Waals surface area contributed by atoms with Crippen LogP contribution in [0.4, 0.5) is 0 Å². The van der Waals surface area contributed by atoms with Gasteiger partial charge in [0.05, 0.1) is 31.2 Å². The predicted molar refractivity (Wildman–Crippen MR) is 93.8 cm³/mol. The topological polar surface area (TPSA) is 91.5 Å². The molecule has 25 heavy (non-hydrogen) atoms. The highest BCUT2D eigenvalue weighted by Gasteiger charge is 2.22. The van der Waals surface area contributed by atoms with Crippen molar-refractivity contribution in [2.75, 3.05) is 14.2 Å². The number of hydrogen-bond acceptors (Lipinski definition) is 6. The van der Waals surface area contributed by atoms with Crippen LogP contribution in [0.1, 0.15) is 11.3 Å². The monoisotopic (exact) mass is 338 g/mol. The summed E-state index contributed by atoms with van der Waals surface area (Å²) in [5, 5.41) is 0. The quantitative estimate of drug-likeness (QED) is 0.510. The third-order valence-corrected chi connectivity index (χ3v) is 3.41. The number of nitrogens with zero attached hydrogens (tertiary/aromatic N) is 1. The summed E-state index contributed by atoms with van der Waals surface area (Å²) in [6.45, 7) is 0. The van der Waals surface area contributed by atoms with E-state index in [1.807, 2.05) is 6.07 Å². The highest BCUT2D eigenvalue weighted by molar-refractivity contribution is 6.15. The highest BCUT2D eigenvalue weighted by Crippen LogP contribution is 2.29. The number of carbonyl (C=O) groups is 2. The Balaban J connectivity index is 2.76. The molecule has 1 heterocycles. The van der Waals surface area contributed by atoms with Crippen molar-refractivity contribution < 1.29 is 19.1 Å². The number of methoxy groups -OCH3 is 2. The molecule has 0 atom stereocenters.